The van der Waals surface area contributed by atoms with Crippen molar-refractivity contribution in [3.8, 4) is 11.5 Å². The number of benzene rings is 3. The summed E-state index contributed by atoms with van der Waals surface area (Å²) < 4.78 is 14.3. The zero-order chi connectivity index (χ0) is 22.8. The van der Waals surface area contributed by atoms with E-state index in [1.54, 1.807) is 7.11 Å². The Kier molecular flexibility index (Phi) is 6.05. The molecule has 168 valence electrons. The molecule has 6 nitrogen and oxygen atoms in total. The molecule has 0 radical (unpaired) electrons. The molecule has 1 atom stereocenters. The Morgan fingerprint density at radius 2 is 1.73 bits per heavy atom. The van der Waals surface area contributed by atoms with Crippen LogP contribution in [0.3, 0.4) is 0 Å². The largest absolute Gasteiger partial charge is 0.497 e. The van der Waals surface area contributed by atoms with E-state index in [-0.39, 0.29) is 11.8 Å². The van der Waals surface area contributed by atoms with Crippen LogP contribution in [0, 0.1) is 0 Å². The number of hydrogen-bond donors (Lipinski definition) is 0. The van der Waals surface area contributed by atoms with Crippen molar-refractivity contribution in [1.82, 2.24) is 9.55 Å². The van der Waals surface area contributed by atoms with E-state index in [1.165, 1.54) is 0 Å². The number of carbonyl (C=O) groups is 1. The number of para-hydroxylation sites is 3. The van der Waals surface area contributed by atoms with Crippen LogP contribution in [0.4, 0.5) is 5.69 Å². The van der Waals surface area contributed by atoms with Gasteiger partial charge in [0, 0.05) is 23.4 Å². The predicted molar refractivity (Wildman–Crippen MR) is 132 cm³/mol. The van der Waals surface area contributed by atoms with Crippen molar-refractivity contribution < 1.29 is 14.3 Å². The first-order chi connectivity index (χ1) is 16.1. The minimum Gasteiger partial charge on any atom is -0.497 e. The number of carbonyl (C=O) groups excluding carboxylic acids is 1. The Morgan fingerprint density at radius 3 is 2.52 bits per heavy atom. The van der Waals surface area contributed by atoms with Gasteiger partial charge in [-0.3, -0.25) is 4.79 Å². The molecule has 1 amide bonds. The zero-order valence-electron chi connectivity index (χ0n) is 18.3. The second-order valence-corrected chi connectivity index (χ2v) is 8.85. The summed E-state index contributed by atoms with van der Waals surface area (Å²) >= 11 is 3.58. The lowest BCUT2D eigenvalue weighted by Crippen LogP contribution is -2.25. The Hall–Kier alpha value is -3.32. The minimum absolute atomic E-state index is 0.0120. The third-order valence-electron chi connectivity index (χ3n) is 5.96. The summed E-state index contributed by atoms with van der Waals surface area (Å²) in [7, 11) is 1.65. The number of ether oxygens (including phenoxy) is 2. The molecule has 4 aromatic rings. The summed E-state index contributed by atoms with van der Waals surface area (Å²) in [6, 6.07) is 23.5. The highest BCUT2D eigenvalue weighted by molar-refractivity contribution is 9.10. The highest BCUT2D eigenvalue weighted by Crippen LogP contribution is 2.36. The van der Waals surface area contributed by atoms with Gasteiger partial charge in [0.15, 0.2) is 0 Å². The monoisotopic (exact) mass is 505 g/mol. The molecule has 0 spiro atoms. The van der Waals surface area contributed by atoms with Gasteiger partial charge in [0.05, 0.1) is 30.4 Å². The molecule has 1 aliphatic rings. The van der Waals surface area contributed by atoms with Gasteiger partial charge in [-0.05, 0) is 64.5 Å². The van der Waals surface area contributed by atoms with Gasteiger partial charge in [-0.2, -0.15) is 0 Å². The van der Waals surface area contributed by atoms with Gasteiger partial charge in [0.25, 0.3) is 0 Å². The van der Waals surface area contributed by atoms with E-state index in [2.05, 4.69) is 26.6 Å². The van der Waals surface area contributed by atoms with Crippen molar-refractivity contribution in [2.75, 3.05) is 25.2 Å². The number of rotatable bonds is 7. The number of fused-ring (bicyclic) bond motifs is 1. The van der Waals surface area contributed by atoms with Crippen molar-refractivity contribution in [3.63, 3.8) is 0 Å². The average molecular weight is 506 g/mol. The Morgan fingerprint density at radius 1 is 1.00 bits per heavy atom. The average Bonchev–Trinajstić information content (AvgIpc) is 3.40. The van der Waals surface area contributed by atoms with Crippen molar-refractivity contribution in [2.24, 2.45) is 0 Å². The molecule has 1 saturated heterocycles. The molecule has 1 aromatic heterocycles. The van der Waals surface area contributed by atoms with Gasteiger partial charge in [-0.25, -0.2) is 4.98 Å². The summed E-state index contributed by atoms with van der Waals surface area (Å²) in [6.45, 7) is 1.74. The molecular formula is C26H24BrN3O3. The number of anilines is 1. The standard InChI is InChI=1S/C26H24BrN3O3/c1-32-19-10-12-20(13-11-19)33-15-14-29-24-9-5-3-7-22(24)28-26(29)18-16-25(31)30(17-18)23-8-4-2-6-21(23)27/h2-13,18H,14-17H2,1H3. The molecule has 7 heteroatoms. The second kappa shape index (κ2) is 9.27. The van der Waals surface area contributed by atoms with Crippen LogP contribution in [-0.4, -0.2) is 35.7 Å². The summed E-state index contributed by atoms with van der Waals surface area (Å²) in [5.41, 5.74) is 2.89. The first-order valence-corrected chi connectivity index (χ1v) is 11.7. The lowest BCUT2D eigenvalue weighted by atomic mass is 10.1. The van der Waals surface area contributed by atoms with Crippen LogP contribution in [-0.2, 0) is 11.3 Å². The molecule has 3 aromatic carbocycles. The maximum absolute atomic E-state index is 12.9. The van der Waals surface area contributed by atoms with E-state index in [0.717, 1.165) is 38.5 Å². The topological polar surface area (TPSA) is 56.6 Å². The number of halogens is 1. The third kappa shape index (κ3) is 4.33. The molecule has 2 heterocycles. The lowest BCUT2D eigenvalue weighted by molar-refractivity contribution is -0.117. The van der Waals surface area contributed by atoms with Crippen LogP contribution >= 0.6 is 15.9 Å². The molecule has 0 bridgehead atoms. The second-order valence-electron chi connectivity index (χ2n) is 7.99. The maximum Gasteiger partial charge on any atom is 0.227 e. The number of aromatic nitrogens is 2. The number of amides is 1. The summed E-state index contributed by atoms with van der Waals surface area (Å²) in [6.07, 6.45) is 0.435. The smallest absolute Gasteiger partial charge is 0.227 e. The Labute approximate surface area is 200 Å². The van der Waals surface area contributed by atoms with Crippen LogP contribution in [0.1, 0.15) is 18.2 Å². The number of imidazole rings is 1. The fraction of sp³-hybridized carbons (Fsp3) is 0.231. The van der Waals surface area contributed by atoms with Gasteiger partial charge in [0.2, 0.25) is 5.91 Å². The van der Waals surface area contributed by atoms with Gasteiger partial charge in [-0.15, -0.1) is 0 Å². The molecule has 1 unspecified atom stereocenters. The van der Waals surface area contributed by atoms with Gasteiger partial charge in [0.1, 0.15) is 23.9 Å². The minimum atomic E-state index is 0.0120. The summed E-state index contributed by atoms with van der Waals surface area (Å²) in [4.78, 5) is 19.7. The van der Waals surface area contributed by atoms with E-state index in [1.807, 2.05) is 71.6 Å². The third-order valence-corrected chi connectivity index (χ3v) is 6.63. The van der Waals surface area contributed by atoms with Gasteiger partial charge >= 0.3 is 0 Å². The van der Waals surface area contributed by atoms with Crippen LogP contribution in [0.5, 0.6) is 11.5 Å². The fourth-order valence-corrected chi connectivity index (χ4v) is 4.85. The highest BCUT2D eigenvalue weighted by atomic mass is 79.9. The maximum atomic E-state index is 12.9. The van der Waals surface area contributed by atoms with Crippen molar-refractivity contribution >= 4 is 38.6 Å². The first-order valence-electron chi connectivity index (χ1n) is 10.9. The fourth-order valence-electron chi connectivity index (χ4n) is 4.35. The van der Waals surface area contributed by atoms with Gasteiger partial charge in [-0.1, -0.05) is 24.3 Å². The van der Waals surface area contributed by atoms with E-state index >= 15 is 0 Å². The highest BCUT2D eigenvalue weighted by Gasteiger charge is 2.35. The first kappa shape index (κ1) is 21.5. The number of methoxy groups -OCH3 is 1. The van der Waals surface area contributed by atoms with E-state index in [9.17, 15) is 4.79 Å². The van der Waals surface area contributed by atoms with Crippen molar-refractivity contribution in [1.29, 1.82) is 0 Å². The van der Waals surface area contributed by atoms with E-state index in [0.29, 0.717) is 26.1 Å². The molecule has 0 saturated carbocycles. The molecule has 33 heavy (non-hydrogen) atoms. The van der Waals surface area contributed by atoms with Crippen molar-refractivity contribution in [2.45, 2.75) is 18.9 Å². The normalized spacial score (nSPS) is 15.9. The molecule has 0 aliphatic carbocycles. The molecule has 1 fully saturated rings. The SMILES string of the molecule is COc1ccc(OCCn2c(C3CC(=O)N(c4ccccc4Br)C3)nc3ccccc32)cc1. The van der Waals surface area contributed by atoms with Gasteiger partial charge < -0.3 is 18.9 Å². The van der Waals surface area contributed by atoms with Crippen LogP contribution in [0.15, 0.2) is 77.3 Å². The molecule has 0 N–H and O–H groups in total. The Bertz CT molecular complexity index is 1290. The molecule has 1 aliphatic heterocycles. The zero-order valence-corrected chi connectivity index (χ0v) is 19.9. The lowest BCUT2D eigenvalue weighted by Gasteiger charge is -2.19. The quantitative estimate of drug-likeness (QED) is 0.337. The number of hydrogen-bond acceptors (Lipinski definition) is 4. The summed E-state index contributed by atoms with van der Waals surface area (Å²) in [5, 5.41) is 0. The van der Waals surface area contributed by atoms with Crippen LogP contribution < -0.4 is 14.4 Å². The van der Waals surface area contributed by atoms with E-state index < -0.39 is 0 Å². The predicted octanol–water partition coefficient (Wildman–Crippen LogP) is 5.41. The van der Waals surface area contributed by atoms with Crippen LogP contribution in [0.25, 0.3) is 11.0 Å². The summed E-state index contributed by atoms with van der Waals surface area (Å²) in [5.74, 6) is 2.64. The van der Waals surface area contributed by atoms with E-state index in [4.69, 9.17) is 14.5 Å². The molecular weight excluding hydrogens is 482 g/mol. The molecule has 5 rings (SSSR count). The van der Waals surface area contributed by atoms with Crippen LogP contribution in [0.2, 0.25) is 0 Å². The number of nitrogens with zero attached hydrogens (tertiary/aromatic N) is 3. The van der Waals surface area contributed by atoms with Crippen molar-refractivity contribution in [3.05, 3.63) is 83.1 Å². The Balaban J connectivity index is 1.38.